The maximum Gasteiger partial charge on any atom is 0.0383 e. The second kappa shape index (κ2) is 6.62. The molecule has 1 nitrogen and oxygen atoms in total. The molecule has 0 aromatic heterocycles. The Morgan fingerprint density at radius 2 is 1.86 bits per heavy atom. The van der Waals surface area contributed by atoms with Gasteiger partial charge in [-0.1, -0.05) is 49.3 Å². The van der Waals surface area contributed by atoms with Gasteiger partial charge >= 0.3 is 0 Å². The summed E-state index contributed by atoms with van der Waals surface area (Å²) in [7, 11) is 0. The summed E-state index contributed by atoms with van der Waals surface area (Å²) in [6.07, 6.45) is 5.88. The molecule has 0 saturated carbocycles. The van der Waals surface area contributed by atoms with Crippen molar-refractivity contribution in [2.45, 2.75) is 59.4 Å². The molecule has 0 unspecified atom stereocenters. The van der Waals surface area contributed by atoms with Crippen molar-refractivity contribution in [3.8, 4) is 0 Å². The van der Waals surface area contributed by atoms with Crippen LogP contribution in [-0.4, -0.2) is 6.54 Å². The highest BCUT2D eigenvalue weighted by Crippen LogP contribution is 2.37. The number of nitrogens with one attached hydrogen (secondary N) is 1. The number of rotatable bonds is 6. The average Bonchev–Trinajstić information content (AvgIpc) is 2.79. The number of allylic oxidation sites excluding steroid dienone is 4. The predicted octanol–water partition coefficient (Wildman–Crippen LogP) is 5.43. The number of unbranched alkanes of at least 4 members (excludes halogenated alkanes) is 1. The first-order valence-electron chi connectivity index (χ1n) is 8.19. The normalized spacial score (nSPS) is 15.6. The third-order valence-corrected chi connectivity index (χ3v) is 4.68. The molecule has 114 valence electrons. The summed E-state index contributed by atoms with van der Waals surface area (Å²) in [5.41, 5.74) is 7.21. The van der Waals surface area contributed by atoms with Crippen molar-refractivity contribution in [3.05, 3.63) is 52.6 Å². The molecule has 0 heterocycles. The molecule has 0 bridgehead atoms. The van der Waals surface area contributed by atoms with Crippen LogP contribution in [0, 0.1) is 0 Å². The molecule has 0 saturated heterocycles. The molecular formula is C20H29N. The van der Waals surface area contributed by atoms with Gasteiger partial charge in [0.1, 0.15) is 0 Å². The monoisotopic (exact) mass is 283 g/mol. The van der Waals surface area contributed by atoms with Crippen molar-refractivity contribution in [2.24, 2.45) is 0 Å². The van der Waals surface area contributed by atoms with Crippen LogP contribution in [0.1, 0.15) is 65.0 Å². The maximum absolute atomic E-state index is 3.73. The summed E-state index contributed by atoms with van der Waals surface area (Å²) >= 11 is 0. The smallest absolute Gasteiger partial charge is 0.0383 e. The van der Waals surface area contributed by atoms with Crippen molar-refractivity contribution in [1.29, 1.82) is 0 Å². The molecule has 0 spiro atoms. The van der Waals surface area contributed by atoms with Gasteiger partial charge in [-0.2, -0.15) is 0 Å². The Morgan fingerprint density at radius 3 is 2.48 bits per heavy atom. The average molecular weight is 283 g/mol. The Hall–Kier alpha value is -1.34. The summed E-state index contributed by atoms with van der Waals surface area (Å²) in [4.78, 5) is 0. The number of benzene rings is 1. The van der Waals surface area contributed by atoms with Gasteiger partial charge in [0, 0.05) is 5.54 Å². The van der Waals surface area contributed by atoms with E-state index in [1.54, 1.807) is 0 Å². The fourth-order valence-corrected chi connectivity index (χ4v) is 3.08. The van der Waals surface area contributed by atoms with Gasteiger partial charge < -0.3 is 5.32 Å². The molecule has 21 heavy (non-hydrogen) atoms. The van der Waals surface area contributed by atoms with E-state index in [1.807, 2.05) is 0 Å². The second-order valence-corrected chi connectivity index (χ2v) is 6.65. The first-order chi connectivity index (χ1) is 9.97. The summed E-state index contributed by atoms with van der Waals surface area (Å²) in [5, 5.41) is 3.73. The Kier molecular flexibility index (Phi) is 5.05. The van der Waals surface area contributed by atoms with Crippen molar-refractivity contribution >= 4 is 5.57 Å². The van der Waals surface area contributed by atoms with E-state index in [4.69, 9.17) is 0 Å². The van der Waals surface area contributed by atoms with Crippen LogP contribution in [0.15, 0.2) is 41.5 Å². The van der Waals surface area contributed by atoms with E-state index in [2.05, 4.69) is 70.3 Å². The Labute approximate surface area is 130 Å². The third-order valence-electron chi connectivity index (χ3n) is 4.68. The van der Waals surface area contributed by atoms with Crippen LogP contribution in [-0.2, 0) is 5.54 Å². The molecule has 0 aliphatic heterocycles. The summed E-state index contributed by atoms with van der Waals surface area (Å²) in [6, 6.07) is 8.88. The quantitative estimate of drug-likeness (QED) is 0.686. The predicted molar refractivity (Wildman–Crippen MR) is 93.3 cm³/mol. The molecule has 1 aromatic carbocycles. The van der Waals surface area contributed by atoms with Gasteiger partial charge in [-0.05, 0) is 69.4 Å². The van der Waals surface area contributed by atoms with Gasteiger partial charge in [0.25, 0.3) is 0 Å². The highest BCUT2D eigenvalue weighted by atomic mass is 14.9. The molecule has 1 aliphatic rings. The lowest BCUT2D eigenvalue weighted by Gasteiger charge is -2.30. The first-order valence-corrected chi connectivity index (χ1v) is 8.19. The Balaban J connectivity index is 2.34. The van der Waals surface area contributed by atoms with Crippen LogP contribution in [0.4, 0.5) is 0 Å². The van der Waals surface area contributed by atoms with Gasteiger partial charge in [0.2, 0.25) is 0 Å². The van der Waals surface area contributed by atoms with Crippen LogP contribution < -0.4 is 5.32 Å². The fraction of sp³-hybridized carbons (Fsp3) is 0.500. The Bertz CT molecular complexity index is 561. The molecule has 1 heteroatoms. The zero-order valence-corrected chi connectivity index (χ0v) is 14.2. The molecular weight excluding hydrogens is 254 g/mol. The van der Waals surface area contributed by atoms with E-state index < -0.39 is 0 Å². The van der Waals surface area contributed by atoms with E-state index in [1.165, 1.54) is 40.7 Å². The van der Waals surface area contributed by atoms with Gasteiger partial charge in [0.05, 0.1) is 0 Å². The fourth-order valence-electron chi connectivity index (χ4n) is 3.08. The molecule has 1 aliphatic carbocycles. The molecule has 0 radical (unpaired) electrons. The molecule has 0 amide bonds. The largest absolute Gasteiger partial charge is 0.308 e. The molecule has 0 atom stereocenters. The highest BCUT2D eigenvalue weighted by molar-refractivity contribution is 5.78. The zero-order valence-electron chi connectivity index (χ0n) is 14.2. The minimum atomic E-state index is 0.00946. The first kappa shape index (κ1) is 16.0. The van der Waals surface area contributed by atoms with Crippen molar-refractivity contribution in [1.82, 2.24) is 5.32 Å². The van der Waals surface area contributed by atoms with Crippen LogP contribution >= 0.6 is 0 Å². The number of hydrogen-bond acceptors (Lipinski definition) is 1. The van der Waals surface area contributed by atoms with E-state index in [0.29, 0.717) is 0 Å². The minimum Gasteiger partial charge on any atom is -0.308 e. The highest BCUT2D eigenvalue weighted by Gasteiger charge is 2.25. The lowest BCUT2D eigenvalue weighted by Crippen LogP contribution is -2.37. The van der Waals surface area contributed by atoms with Crippen molar-refractivity contribution in [3.63, 3.8) is 0 Å². The van der Waals surface area contributed by atoms with Gasteiger partial charge in [-0.3, -0.25) is 0 Å². The lowest BCUT2D eigenvalue weighted by atomic mass is 9.85. The second-order valence-electron chi connectivity index (χ2n) is 6.65. The molecule has 1 N–H and O–H groups in total. The zero-order chi connectivity index (χ0) is 15.5. The van der Waals surface area contributed by atoms with E-state index in [-0.39, 0.29) is 5.54 Å². The SMILES string of the molecule is CCCCNC(C)(C)c1ccccc1C1=C(C)C(C)=CC1. The van der Waals surface area contributed by atoms with Crippen molar-refractivity contribution in [2.75, 3.05) is 6.54 Å². The summed E-state index contributed by atoms with van der Waals surface area (Å²) in [6.45, 7) is 12.4. The van der Waals surface area contributed by atoms with E-state index >= 15 is 0 Å². The van der Waals surface area contributed by atoms with E-state index in [9.17, 15) is 0 Å². The number of hydrogen-bond donors (Lipinski definition) is 1. The summed E-state index contributed by atoms with van der Waals surface area (Å²) < 4.78 is 0. The van der Waals surface area contributed by atoms with Gasteiger partial charge in [-0.25, -0.2) is 0 Å². The molecule has 2 rings (SSSR count). The molecule has 0 fully saturated rings. The topological polar surface area (TPSA) is 12.0 Å². The lowest BCUT2D eigenvalue weighted by molar-refractivity contribution is 0.398. The van der Waals surface area contributed by atoms with Crippen LogP contribution in [0.25, 0.3) is 5.57 Å². The van der Waals surface area contributed by atoms with Gasteiger partial charge in [-0.15, -0.1) is 0 Å². The standard InChI is InChI=1S/C20H29N/c1-6-7-14-21-20(4,5)19-11-9-8-10-18(19)17-13-12-15(2)16(17)3/h8-12,21H,6-7,13-14H2,1-5H3. The van der Waals surface area contributed by atoms with Crippen LogP contribution in [0.2, 0.25) is 0 Å². The minimum absolute atomic E-state index is 0.00946. The van der Waals surface area contributed by atoms with Crippen LogP contribution in [0.5, 0.6) is 0 Å². The third kappa shape index (κ3) is 3.47. The van der Waals surface area contributed by atoms with Crippen LogP contribution in [0.3, 0.4) is 0 Å². The Morgan fingerprint density at radius 1 is 1.14 bits per heavy atom. The maximum atomic E-state index is 3.73. The van der Waals surface area contributed by atoms with E-state index in [0.717, 1.165) is 13.0 Å². The molecule has 1 aromatic rings. The van der Waals surface area contributed by atoms with Gasteiger partial charge in [0.15, 0.2) is 0 Å². The summed E-state index contributed by atoms with van der Waals surface area (Å²) in [5.74, 6) is 0. The van der Waals surface area contributed by atoms with Crippen molar-refractivity contribution < 1.29 is 0 Å².